The number of nitrogens with zero attached hydrogens (tertiary/aromatic N) is 3. The smallest absolute Gasteiger partial charge is 0.257 e. The zero-order valence-electron chi connectivity index (χ0n) is 17.4. The summed E-state index contributed by atoms with van der Waals surface area (Å²) >= 11 is 1.34. The van der Waals surface area contributed by atoms with E-state index in [0.717, 1.165) is 16.0 Å². The zero-order valence-corrected chi connectivity index (χ0v) is 19.0. The molecule has 2 aromatic carbocycles. The van der Waals surface area contributed by atoms with Gasteiger partial charge in [-0.3, -0.25) is 10.1 Å². The van der Waals surface area contributed by atoms with Crippen LogP contribution in [-0.4, -0.2) is 68.3 Å². The summed E-state index contributed by atoms with van der Waals surface area (Å²) in [4.78, 5) is 19.4. The Kier molecular flexibility index (Phi) is 6.24. The first kappa shape index (κ1) is 21.7. The van der Waals surface area contributed by atoms with Crippen molar-refractivity contribution in [3.63, 3.8) is 0 Å². The standard InChI is InChI=1S/C21H24N4O4S2/c1-3-29-16-7-8-18-19(14-16)30-21(22-18)23-20(26)15-5-4-6-17(13-15)31(27,28)25-11-9-24(2)10-12-25/h4-8,13-14H,3,9-12H2,1-2H3,(H,22,23,26). The predicted octanol–water partition coefficient (Wildman–Crippen LogP) is 2.88. The number of likely N-dealkylation sites (N-methyl/N-ethyl adjacent to an activating group) is 1. The summed E-state index contributed by atoms with van der Waals surface area (Å²) in [6, 6.07) is 11.7. The molecule has 10 heteroatoms. The highest BCUT2D eigenvalue weighted by Crippen LogP contribution is 2.29. The number of anilines is 1. The van der Waals surface area contributed by atoms with Gasteiger partial charge in [0.1, 0.15) is 5.75 Å². The van der Waals surface area contributed by atoms with Gasteiger partial charge < -0.3 is 9.64 Å². The highest BCUT2D eigenvalue weighted by Gasteiger charge is 2.28. The molecule has 4 rings (SSSR count). The number of rotatable bonds is 6. The van der Waals surface area contributed by atoms with Gasteiger partial charge in [-0.15, -0.1) is 0 Å². The zero-order chi connectivity index (χ0) is 22.0. The quantitative estimate of drug-likeness (QED) is 0.608. The number of carbonyl (C=O) groups excluding carboxylic acids is 1. The molecule has 0 bridgehead atoms. The van der Waals surface area contributed by atoms with Crippen molar-refractivity contribution in [3.8, 4) is 5.75 Å². The molecule has 31 heavy (non-hydrogen) atoms. The number of hydrogen-bond acceptors (Lipinski definition) is 7. The Morgan fingerprint density at radius 1 is 1.16 bits per heavy atom. The van der Waals surface area contributed by atoms with Crippen LogP contribution in [0.25, 0.3) is 10.2 Å². The van der Waals surface area contributed by atoms with E-state index in [1.165, 1.54) is 27.8 Å². The third-order valence-corrected chi connectivity index (χ3v) is 7.92. The molecule has 1 fully saturated rings. The molecular weight excluding hydrogens is 436 g/mol. The number of aromatic nitrogens is 1. The molecule has 1 aliphatic heterocycles. The van der Waals surface area contributed by atoms with Crippen molar-refractivity contribution >= 4 is 42.6 Å². The van der Waals surface area contributed by atoms with Gasteiger partial charge in [0.15, 0.2) is 5.13 Å². The molecule has 164 valence electrons. The van der Waals surface area contributed by atoms with Crippen LogP contribution in [0.15, 0.2) is 47.4 Å². The highest BCUT2D eigenvalue weighted by molar-refractivity contribution is 7.89. The number of carbonyl (C=O) groups is 1. The number of fused-ring (bicyclic) bond motifs is 1. The molecule has 1 aromatic heterocycles. The van der Waals surface area contributed by atoms with Gasteiger partial charge >= 0.3 is 0 Å². The van der Waals surface area contributed by atoms with Crippen molar-refractivity contribution in [3.05, 3.63) is 48.0 Å². The average Bonchev–Trinajstić information content (AvgIpc) is 3.16. The first-order valence-electron chi connectivity index (χ1n) is 10.0. The van der Waals surface area contributed by atoms with Gasteiger partial charge in [-0.25, -0.2) is 13.4 Å². The van der Waals surface area contributed by atoms with E-state index >= 15 is 0 Å². The number of sulfonamides is 1. The van der Waals surface area contributed by atoms with Crippen molar-refractivity contribution in [2.24, 2.45) is 0 Å². The highest BCUT2D eigenvalue weighted by atomic mass is 32.2. The van der Waals surface area contributed by atoms with Gasteiger partial charge in [0.05, 0.1) is 21.7 Å². The SMILES string of the molecule is CCOc1ccc2nc(NC(=O)c3cccc(S(=O)(=O)N4CCN(C)CC4)c3)sc2c1. The number of hydrogen-bond donors (Lipinski definition) is 1. The summed E-state index contributed by atoms with van der Waals surface area (Å²) < 4.78 is 33.8. The number of ether oxygens (including phenoxy) is 1. The van der Waals surface area contributed by atoms with Crippen molar-refractivity contribution in [1.82, 2.24) is 14.2 Å². The van der Waals surface area contributed by atoms with Crippen LogP contribution in [0, 0.1) is 0 Å². The van der Waals surface area contributed by atoms with E-state index in [-0.39, 0.29) is 10.5 Å². The molecular formula is C21H24N4O4S2. The first-order valence-corrected chi connectivity index (χ1v) is 12.3. The largest absolute Gasteiger partial charge is 0.494 e. The Morgan fingerprint density at radius 3 is 2.68 bits per heavy atom. The molecule has 0 aliphatic carbocycles. The molecule has 0 spiro atoms. The Hall–Kier alpha value is -2.53. The second-order valence-electron chi connectivity index (χ2n) is 7.27. The normalized spacial score (nSPS) is 15.8. The summed E-state index contributed by atoms with van der Waals surface area (Å²) in [6.07, 6.45) is 0. The molecule has 8 nitrogen and oxygen atoms in total. The molecule has 0 radical (unpaired) electrons. The summed E-state index contributed by atoms with van der Waals surface area (Å²) in [5, 5.41) is 3.22. The van der Waals surface area contributed by atoms with Crippen LogP contribution in [0.4, 0.5) is 5.13 Å². The molecule has 0 atom stereocenters. The van der Waals surface area contributed by atoms with Crippen LogP contribution in [0.3, 0.4) is 0 Å². The van der Waals surface area contributed by atoms with Crippen molar-refractivity contribution < 1.29 is 17.9 Å². The second-order valence-corrected chi connectivity index (χ2v) is 10.2. The molecule has 0 saturated carbocycles. The number of amides is 1. The summed E-state index contributed by atoms with van der Waals surface area (Å²) in [5.41, 5.74) is 1.03. The van der Waals surface area contributed by atoms with Crippen LogP contribution in [-0.2, 0) is 10.0 Å². The van der Waals surface area contributed by atoms with Gasteiger partial charge in [-0.05, 0) is 50.4 Å². The average molecular weight is 461 g/mol. The molecule has 0 unspecified atom stereocenters. The molecule has 1 amide bonds. The summed E-state index contributed by atoms with van der Waals surface area (Å²) in [7, 11) is -1.68. The second kappa shape index (κ2) is 8.91. The Morgan fingerprint density at radius 2 is 1.94 bits per heavy atom. The number of piperazine rings is 1. The van der Waals surface area contributed by atoms with E-state index in [2.05, 4.69) is 15.2 Å². The topological polar surface area (TPSA) is 91.8 Å². The maximum absolute atomic E-state index is 13.0. The molecule has 1 saturated heterocycles. The Bertz CT molecular complexity index is 1200. The minimum atomic E-state index is -3.65. The van der Waals surface area contributed by atoms with Gasteiger partial charge in [-0.1, -0.05) is 17.4 Å². The van der Waals surface area contributed by atoms with Crippen LogP contribution in [0.1, 0.15) is 17.3 Å². The van der Waals surface area contributed by atoms with Crippen LogP contribution in [0.2, 0.25) is 0 Å². The fourth-order valence-electron chi connectivity index (χ4n) is 3.36. The molecule has 1 aliphatic rings. The van der Waals surface area contributed by atoms with Gasteiger partial charge in [0.2, 0.25) is 10.0 Å². The number of nitrogens with one attached hydrogen (secondary N) is 1. The number of benzene rings is 2. The predicted molar refractivity (Wildman–Crippen MR) is 121 cm³/mol. The third kappa shape index (κ3) is 4.72. The lowest BCUT2D eigenvalue weighted by Crippen LogP contribution is -2.47. The summed E-state index contributed by atoms with van der Waals surface area (Å²) in [5.74, 6) is 0.345. The van der Waals surface area contributed by atoms with E-state index in [1.807, 2.05) is 32.2 Å². The molecule has 3 aromatic rings. The van der Waals surface area contributed by atoms with Crippen LogP contribution >= 0.6 is 11.3 Å². The maximum Gasteiger partial charge on any atom is 0.257 e. The van der Waals surface area contributed by atoms with E-state index < -0.39 is 15.9 Å². The van der Waals surface area contributed by atoms with E-state index in [1.54, 1.807) is 12.1 Å². The van der Waals surface area contributed by atoms with E-state index in [0.29, 0.717) is 37.9 Å². The fourth-order valence-corrected chi connectivity index (χ4v) is 5.72. The summed E-state index contributed by atoms with van der Waals surface area (Å²) in [6.45, 7) is 4.72. The fraction of sp³-hybridized carbons (Fsp3) is 0.333. The minimum Gasteiger partial charge on any atom is -0.494 e. The van der Waals surface area contributed by atoms with Crippen LogP contribution < -0.4 is 10.1 Å². The van der Waals surface area contributed by atoms with Gasteiger partial charge in [0, 0.05) is 31.7 Å². The van der Waals surface area contributed by atoms with Crippen molar-refractivity contribution in [1.29, 1.82) is 0 Å². The molecule has 1 N–H and O–H groups in total. The van der Waals surface area contributed by atoms with Crippen molar-refractivity contribution in [2.45, 2.75) is 11.8 Å². The Labute approximate surface area is 185 Å². The molecule has 2 heterocycles. The van der Waals surface area contributed by atoms with Gasteiger partial charge in [-0.2, -0.15) is 4.31 Å². The van der Waals surface area contributed by atoms with E-state index in [9.17, 15) is 13.2 Å². The minimum absolute atomic E-state index is 0.121. The third-order valence-electron chi connectivity index (χ3n) is 5.09. The monoisotopic (exact) mass is 460 g/mol. The lowest BCUT2D eigenvalue weighted by atomic mass is 10.2. The van der Waals surface area contributed by atoms with Crippen molar-refractivity contribution in [2.75, 3.05) is 45.2 Å². The van der Waals surface area contributed by atoms with Crippen LogP contribution in [0.5, 0.6) is 5.75 Å². The lowest BCUT2D eigenvalue weighted by molar-refractivity contribution is 0.102. The maximum atomic E-state index is 13.0. The van der Waals surface area contributed by atoms with Gasteiger partial charge in [0.25, 0.3) is 5.91 Å². The number of thiazole rings is 1. The van der Waals surface area contributed by atoms with E-state index in [4.69, 9.17) is 4.74 Å². The lowest BCUT2D eigenvalue weighted by Gasteiger charge is -2.31. The first-order chi connectivity index (χ1) is 14.9. The Balaban J connectivity index is 1.52.